The summed E-state index contributed by atoms with van der Waals surface area (Å²) in [5.74, 6) is 0.721. The molecular formula is C27H39F2N5O. The molecule has 35 heavy (non-hydrogen) atoms. The van der Waals surface area contributed by atoms with Gasteiger partial charge in [-0.3, -0.25) is 9.69 Å². The van der Waals surface area contributed by atoms with Crippen LogP contribution in [0.25, 0.3) is 0 Å². The highest BCUT2D eigenvalue weighted by Crippen LogP contribution is 2.49. The van der Waals surface area contributed by atoms with Crippen LogP contribution in [-0.4, -0.2) is 79.1 Å². The van der Waals surface area contributed by atoms with Gasteiger partial charge in [0.1, 0.15) is 11.5 Å². The van der Waals surface area contributed by atoms with Gasteiger partial charge in [0.25, 0.3) is 6.43 Å². The molecule has 1 aromatic heterocycles. The first-order valence-electron chi connectivity index (χ1n) is 13.4. The number of anilines is 2. The highest BCUT2D eigenvalue weighted by molar-refractivity contribution is 5.87. The van der Waals surface area contributed by atoms with Gasteiger partial charge in [0.2, 0.25) is 5.91 Å². The number of nitrogens with zero attached hydrogens (tertiary/aromatic N) is 5. The van der Waals surface area contributed by atoms with Gasteiger partial charge in [0, 0.05) is 75.7 Å². The quantitative estimate of drug-likeness (QED) is 0.538. The number of halogens is 2. The number of carbonyl (C=O) groups is 1. The number of rotatable bonds is 7. The van der Waals surface area contributed by atoms with E-state index in [1.54, 1.807) is 0 Å². The zero-order valence-corrected chi connectivity index (χ0v) is 21.0. The number of piperazine rings is 1. The van der Waals surface area contributed by atoms with Crippen LogP contribution in [0.5, 0.6) is 0 Å². The number of aromatic nitrogens is 1. The van der Waals surface area contributed by atoms with Crippen molar-refractivity contribution in [1.82, 2.24) is 14.8 Å². The van der Waals surface area contributed by atoms with Gasteiger partial charge in [-0.2, -0.15) is 0 Å². The Kier molecular flexibility index (Phi) is 7.02. The van der Waals surface area contributed by atoms with Crippen molar-refractivity contribution in [2.45, 2.75) is 64.3 Å². The van der Waals surface area contributed by atoms with Crippen LogP contribution in [0, 0.1) is 5.41 Å². The molecule has 192 valence electrons. The lowest BCUT2D eigenvalue weighted by Gasteiger charge is -2.50. The van der Waals surface area contributed by atoms with E-state index in [2.05, 4.69) is 32.3 Å². The molecule has 4 aliphatic rings. The average Bonchev–Trinajstić information content (AvgIpc) is 2.83. The zero-order chi connectivity index (χ0) is 24.6. The van der Waals surface area contributed by atoms with E-state index >= 15 is 0 Å². The van der Waals surface area contributed by atoms with Crippen molar-refractivity contribution in [1.29, 1.82) is 0 Å². The highest BCUT2D eigenvalue weighted by atomic mass is 19.3. The van der Waals surface area contributed by atoms with Crippen LogP contribution in [0.2, 0.25) is 0 Å². The Morgan fingerprint density at radius 1 is 1.11 bits per heavy atom. The number of hydrogen-bond donors (Lipinski definition) is 0. The predicted molar refractivity (Wildman–Crippen MR) is 135 cm³/mol. The minimum atomic E-state index is -2.56. The topological polar surface area (TPSA) is 42.9 Å². The first-order chi connectivity index (χ1) is 16.9. The van der Waals surface area contributed by atoms with Crippen LogP contribution in [0.4, 0.5) is 20.3 Å². The van der Waals surface area contributed by atoms with Gasteiger partial charge in [0.05, 0.1) is 0 Å². The molecule has 3 saturated heterocycles. The van der Waals surface area contributed by atoms with E-state index in [1.165, 1.54) is 25.3 Å². The van der Waals surface area contributed by atoms with Crippen molar-refractivity contribution >= 4 is 17.4 Å². The SMILES string of the molecule is C=CC(=O)N1CCN(C2CN(c3cc(N4CCC5(CCC5)CC4)nc(C(F)F)c3CCC)C2)CC1. The largest absolute Gasteiger partial charge is 0.368 e. The van der Waals surface area contributed by atoms with Crippen LogP contribution < -0.4 is 9.80 Å². The van der Waals surface area contributed by atoms with Gasteiger partial charge in [-0.15, -0.1) is 0 Å². The fraction of sp³-hybridized carbons (Fsp3) is 0.704. The van der Waals surface area contributed by atoms with E-state index in [0.29, 0.717) is 31.0 Å². The summed E-state index contributed by atoms with van der Waals surface area (Å²) in [6, 6.07) is 2.48. The lowest BCUT2D eigenvalue weighted by molar-refractivity contribution is -0.128. The van der Waals surface area contributed by atoms with E-state index in [1.807, 2.05) is 11.8 Å². The molecule has 1 aromatic rings. The van der Waals surface area contributed by atoms with Crippen LogP contribution in [-0.2, 0) is 11.2 Å². The van der Waals surface area contributed by atoms with E-state index in [9.17, 15) is 13.6 Å². The first-order valence-corrected chi connectivity index (χ1v) is 13.4. The van der Waals surface area contributed by atoms with E-state index in [-0.39, 0.29) is 11.6 Å². The third-order valence-corrected chi connectivity index (χ3v) is 8.91. The van der Waals surface area contributed by atoms with Crippen LogP contribution in [0.3, 0.4) is 0 Å². The third kappa shape index (κ3) is 4.78. The standard InChI is InChI=1S/C27H39F2N5O/c1-3-6-21-22(34-18-20(19-34)31-13-15-33(16-14-31)24(35)4-2)17-23(30-25(21)26(28)29)32-11-9-27(10-12-32)7-5-8-27/h4,17,20,26H,2-3,5-16,18-19H2,1H3. The molecule has 1 aliphatic carbocycles. The maximum atomic E-state index is 14.2. The van der Waals surface area contributed by atoms with Crippen molar-refractivity contribution in [3.05, 3.63) is 30.0 Å². The molecule has 0 radical (unpaired) electrons. The Hall–Kier alpha value is -2.22. The van der Waals surface area contributed by atoms with Gasteiger partial charge >= 0.3 is 0 Å². The molecule has 1 amide bonds. The molecule has 0 bridgehead atoms. The molecule has 1 saturated carbocycles. The summed E-state index contributed by atoms with van der Waals surface area (Å²) >= 11 is 0. The number of amides is 1. The molecular weight excluding hydrogens is 448 g/mol. The number of pyridine rings is 1. The fourth-order valence-corrected chi connectivity index (χ4v) is 6.40. The summed E-state index contributed by atoms with van der Waals surface area (Å²) in [7, 11) is 0. The Balaban J connectivity index is 1.30. The molecule has 5 rings (SSSR count). The Morgan fingerprint density at radius 3 is 2.34 bits per heavy atom. The summed E-state index contributed by atoms with van der Waals surface area (Å²) in [6.45, 7) is 12.3. The van der Waals surface area contributed by atoms with Gasteiger partial charge in [-0.05, 0) is 43.6 Å². The third-order valence-electron chi connectivity index (χ3n) is 8.91. The number of piperidine rings is 1. The molecule has 4 heterocycles. The second-order valence-electron chi connectivity index (χ2n) is 10.9. The normalized spacial score (nSPS) is 22.9. The van der Waals surface area contributed by atoms with E-state index < -0.39 is 6.43 Å². The lowest BCUT2D eigenvalue weighted by atomic mass is 9.63. The summed E-state index contributed by atoms with van der Waals surface area (Å²) in [4.78, 5) is 25.2. The molecule has 1 spiro atoms. The minimum absolute atomic E-state index is 0.00567. The average molecular weight is 488 g/mol. The Morgan fingerprint density at radius 2 is 1.80 bits per heavy atom. The second kappa shape index (κ2) is 10.0. The molecule has 0 aromatic carbocycles. The van der Waals surface area contributed by atoms with Crippen LogP contribution >= 0.6 is 0 Å². The first kappa shape index (κ1) is 24.5. The smallest absolute Gasteiger partial charge is 0.280 e. The maximum absolute atomic E-state index is 14.2. The molecule has 8 heteroatoms. The summed E-state index contributed by atoms with van der Waals surface area (Å²) in [5.41, 5.74) is 2.16. The monoisotopic (exact) mass is 487 g/mol. The predicted octanol–water partition coefficient (Wildman–Crippen LogP) is 4.26. The molecule has 0 unspecified atom stereocenters. The summed E-state index contributed by atoms with van der Waals surface area (Å²) in [5, 5.41) is 0. The lowest BCUT2D eigenvalue weighted by Crippen LogP contribution is -2.63. The number of alkyl halides is 2. The summed E-state index contributed by atoms with van der Waals surface area (Å²) in [6.07, 6.45) is 6.53. The van der Waals surface area contributed by atoms with Crippen molar-refractivity contribution in [2.24, 2.45) is 5.41 Å². The second-order valence-corrected chi connectivity index (χ2v) is 10.9. The maximum Gasteiger partial charge on any atom is 0.280 e. The van der Waals surface area contributed by atoms with Crippen LogP contribution in [0.15, 0.2) is 18.7 Å². The Bertz CT molecular complexity index is 926. The van der Waals surface area contributed by atoms with Gasteiger partial charge in [-0.1, -0.05) is 26.3 Å². The molecule has 0 N–H and O–H groups in total. The molecule has 3 aliphatic heterocycles. The van der Waals surface area contributed by atoms with Gasteiger partial charge in [-0.25, -0.2) is 13.8 Å². The van der Waals surface area contributed by atoms with Gasteiger partial charge in [0.15, 0.2) is 0 Å². The van der Waals surface area contributed by atoms with Crippen molar-refractivity contribution < 1.29 is 13.6 Å². The molecule has 4 fully saturated rings. The van der Waals surface area contributed by atoms with Gasteiger partial charge < -0.3 is 14.7 Å². The molecule has 6 nitrogen and oxygen atoms in total. The van der Waals surface area contributed by atoms with Crippen LogP contribution in [0.1, 0.15) is 63.1 Å². The minimum Gasteiger partial charge on any atom is -0.368 e. The van der Waals surface area contributed by atoms with E-state index in [4.69, 9.17) is 0 Å². The summed E-state index contributed by atoms with van der Waals surface area (Å²) < 4.78 is 28.4. The molecule has 0 atom stereocenters. The fourth-order valence-electron chi connectivity index (χ4n) is 6.40. The van der Waals surface area contributed by atoms with Crippen molar-refractivity contribution in [3.8, 4) is 0 Å². The Labute approximate surface area is 207 Å². The van der Waals surface area contributed by atoms with Crippen molar-refractivity contribution in [2.75, 3.05) is 62.2 Å². The highest BCUT2D eigenvalue weighted by Gasteiger charge is 2.41. The number of carbonyl (C=O) groups excluding carboxylic acids is 1. The number of hydrogen-bond acceptors (Lipinski definition) is 5. The van der Waals surface area contributed by atoms with Crippen molar-refractivity contribution in [3.63, 3.8) is 0 Å². The van der Waals surface area contributed by atoms with E-state index in [0.717, 1.165) is 75.6 Å². The zero-order valence-electron chi connectivity index (χ0n) is 21.0.